The van der Waals surface area contributed by atoms with Crippen LogP contribution in [0.1, 0.15) is 18.1 Å². The molecule has 0 saturated carbocycles. The monoisotopic (exact) mass is 245 g/mol. The van der Waals surface area contributed by atoms with Crippen LogP contribution in [-0.2, 0) is 22.3 Å². The third-order valence-electron chi connectivity index (χ3n) is 2.08. The van der Waals surface area contributed by atoms with Gasteiger partial charge in [0.2, 0.25) is 5.78 Å². The Labute approximate surface area is 95.6 Å². The van der Waals surface area contributed by atoms with Gasteiger partial charge in [0, 0.05) is 13.5 Å². The van der Waals surface area contributed by atoms with Crippen LogP contribution >= 0.6 is 0 Å². The van der Waals surface area contributed by atoms with E-state index in [1.54, 1.807) is 0 Å². The van der Waals surface area contributed by atoms with Gasteiger partial charge < -0.3 is 5.32 Å². The van der Waals surface area contributed by atoms with Gasteiger partial charge in [-0.2, -0.15) is 13.2 Å². The highest BCUT2D eigenvalue weighted by Crippen LogP contribution is 2.31. The molecule has 0 fully saturated rings. The van der Waals surface area contributed by atoms with Crippen molar-refractivity contribution in [3.05, 3.63) is 35.4 Å². The fourth-order valence-corrected chi connectivity index (χ4v) is 1.25. The van der Waals surface area contributed by atoms with E-state index in [4.69, 9.17) is 0 Å². The van der Waals surface area contributed by atoms with Crippen molar-refractivity contribution in [1.29, 1.82) is 0 Å². The van der Waals surface area contributed by atoms with Crippen molar-refractivity contribution in [2.24, 2.45) is 0 Å². The summed E-state index contributed by atoms with van der Waals surface area (Å²) >= 11 is 0. The van der Waals surface area contributed by atoms with Crippen molar-refractivity contribution in [2.45, 2.75) is 19.6 Å². The highest BCUT2D eigenvalue weighted by Gasteiger charge is 2.32. The highest BCUT2D eigenvalue weighted by molar-refractivity contribution is 6.35. The number of amides is 1. The van der Waals surface area contributed by atoms with E-state index in [0.717, 1.165) is 13.0 Å². The minimum Gasteiger partial charge on any atom is -0.345 e. The van der Waals surface area contributed by atoms with Crippen LogP contribution in [0.15, 0.2) is 24.3 Å². The lowest BCUT2D eigenvalue weighted by Crippen LogP contribution is -2.29. The summed E-state index contributed by atoms with van der Waals surface area (Å²) in [6.07, 6.45) is -4.47. The molecule has 17 heavy (non-hydrogen) atoms. The summed E-state index contributed by atoms with van der Waals surface area (Å²) in [5, 5.41) is 2.12. The Morgan fingerprint density at radius 3 is 2.35 bits per heavy atom. The zero-order chi connectivity index (χ0) is 13.1. The normalized spacial score (nSPS) is 11.1. The first-order valence-electron chi connectivity index (χ1n) is 4.76. The molecule has 0 aromatic heterocycles. The summed E-state index contributed by atoms with van der Waals surface area (Å²) < 4.78 is 37.7. The summed E-state index contributed by atoms with van der Waals surface area (Å²) in [7, 11) is 0. The largest absolute Gasteiger partial charge is 0.416 e. The predicted octanol–water partition coefficient (Wildman–Crippen LogP) is 1.91. The Morgan fingerprint density at radius 2 is 1.82 bits per heavy atom. The number of hydrogen-bond donors (Lipinski definition) is 1. The summed E-state index contributed by atoms with van der Waals surface area (Å²) in [5.41, 5.74) is -0.890. The maximum absolute atomic E-state index is 12.6. The average molecular weight is 245 g/mol. The van der Waals surface area contributed by atoms with Gasteiger partial charge in [-0.3, -0.25) is 9.59 Å². The number of hydrogen-bond acceptors (Lipinski definition) is 2. The second-order valence-electron chi connectivity index (χ2n) is 3.39. The van der Waals surface area contributed by atoms with Gasteiger partial charge in [0.1, 0.15) is 0 Å². The summed E-state index contributed by atoms with van der Waals surface area (Å²) in [5.74, 6) is -1.64. The summed E-state index contributed by atoms with van der Waals surface area (Å²) in [4.78, 5) is 21.5. The van der Waals surface area contributed by atoms with Gasteiger partial charge in [-0.05, 0) is 11.6 Å². The molecule has 0 saturated heterocycles. The first-order valence-corrected chi connectivity index (χ1v) is 4.76. The van der Waals surface area contributed by atoms with Gasteiger partial charge in [-0.1, -0.05) is 18.2 Å². The number of benzene rings is 1. The van der Waals surface area contributed by atoms with Gasteiger partial charge in [0.15, 0.2) is 0 Å². The second-order valence-corrected chi connectivity index (χ2v) is 3.39. The second kappa shape index (κ2) is 4.99. The molecule has 0 aliphatic heterocycles. The molecule has 3 nitrogen and oxygen atoms in total. The SMILES string of the molecule is CC(=O)C(=O)NCc1ccccc1C(F)(F)F. The molecule has 1 amide bonds. The lowest BCUT2D eigenvalue weighted by molar-refractivity contribution is -0.139. The molecule has 1 aromatic carbocycles. The first-order chi connectivity index (χ1) is 7.82. The van der Waals surface area contributed by atoms with Crippen molar-refractivity contribution >= 4 is 11.7 Å². The number of halogens is 3. The molecule has 1 rings (SSSR count). The van der Waals surface area contributed by atoms with E-state index in [1.807, 2.05) is 0 Å². The van der Waals surface area contributed by atoms with E-state index >= 15 is 0 Å². The molecule has 0 aliphatic carbocycles. The third-order valence-corrected chi connectivity index (χ3v) is 2.08. The van der Waals surface area contributed by atoms with Crippen LogP contribution < -0.4 is 5.32 Å². The van der Waals surface area contributed by atoms with Gasteiger partial charge >= 0.3 is 6.18 Å². The van der Waals surface area contributed by atoms with Gasteiger partial charge in [-0.15, -0.1) is 0 Å². The molecule has 0 aliphatic rings. The van der Waals surface area contributed by atoms with Crippen molar-refractivity contribution in [3.63, 3.8) is 0 Å². The fraction of sp³-hybridized carbons (Fsp3) is 0.273. The van der Waals surface area contributed by atoms with E-state index < -0.39 is 23.4 Å². The highest BCUT2D eigenvalue weighted by atomic mass is 19.4. The number of nitrogens with one attached hydrogen (secondary N) is 1. The molecule has 92 valence electrons. The zero-order valence-electron chi connectivity index (χ0n) is 8.97. The van der Waals surface area contributed by atoms with E-state index in [-0.39, 0.29) is 12.1 Å². The molecule has 0 spiro atoms. The third kappa shape index (κ3) is 3.58. The first kappa shape index (κ1) is 13.2. The van der Waals surface area contributed by atoms with E-state index in [1.165, 1.54) is 18.2 Å². The van der Waals surface area contributed by atoms with E-state index in [2.05, 4.69) is 5.32 Å². The molecular weight excluding hydrogens is 235 g/mol. The Kier molecular flexibility index (Phi) is 3.88. The topological polar surface area (TPSA) is 46.2 Å². The van der Waals surface area contributed by atoms with Crippen LogP contribution in [0.3, 0.4) is 0 Å². The lowest BCUT2D eigenvalue weighted by Gasteiger charge is -2.12. The van der Waals surface area contributed by atoms with Crippen molar-refractivity contribution in [1.82, 2.24) is 5.32 Å². The molecular formula is C11H10F3NO2. The summed E-state index contributed by atoms with van der Waals surface area (Å²) in [6, 6.07) is 4.88. The number of carbonyl (C=O) groups is 2. The minimum atomic E-state index is -4.47. The van der Waals surface area contributed by atoms with Crippen LogP contribution in [0, 0.1) is 0 Å². The molecule has 0 radical (unpaired) electrons. The van der Waals surface area contributed by atoms with Crippen molar-refractivity contribution < 1.29 is 22.8 Å². The van der Waals surface area contributed by atoms with Crippen molar-refractivity contribution in [3.8, 4) is 0 Å². The molecule has 1 aromatic rings. The van der Waals surface area contributed by atoms with Gasteiger partial charge in [0.05, 0.1) is 5.56 Å². The number of rotatable bonds is 3. The van der Waals surface area contributed by atoms with E-state index in [9.17, 15) is 22.8 Å². The number of alkyl halides is 3. The van der Waals surface area contributed by atoms with Crippen LogP contribution in [-0.4, -0.2) is 11.7 Å². The molecule has 0 heterocycles. The van der Waals surface area contributed by atoms with Crippen LogP contribution in [0.2, 0.25) is 0 Å². The fourth-order valence-electron chi connectivity index (χ4n) is 1.25. The van der Waals surface area contributed by atoms with Crippen LogP contribution in [0.4, 0.5) is 13.2 Å². The zero-order valence-corrected chi connectivity index (χ0v) is 8.97. The smallest absolute Gasteiger partial charge is 0.345 e. The number of ketones is 1. The molecule has 6 heteroatoms. The molecule has 0 atom stereocenters. The minimum absolute atomic E-state index is 0.0744. The summed E-state index contributed by atoms with van der Waals surface area (Å²) in [6.45, 7) is 0.721. The Bertz CT molecular complexity index is 441. The quantitative estimate of drug-likeness (QED) is 0.827. The van der Waals surface area contributed by atoms with E-state index in [0.29, 0.717) is 0 Å². The molecule has 1 N–H and O–H groups in total. The van der Waals surface area contributed by atoms with Crippen LogP contribution in [0.25, 0.3) is 0 Å². The van der Waals surface area contributed by atoms with Gasteiger partial charge in [0.25, 0.3) is 5.91 Å². The maximum atomic E-state index is 12.6. The predicted molar refractivity (Wildman–Crippen MR) is 54.0 cm³/mol. The Balaban J connectivity index is 2.85. The van der Waals surface area contributed by atoms with Gasteiger partial charge in [-0.25, -0.2) is 0 Å². The molecule has 0 unspecified atom stereocenters. The number of carbonyl (C=O) groups excluding carboxylic acids is 2. The Hall–Kier alpha value is -1.85. The number of Topliss-reactive ketones (excluding diaryl/α,β-unsaturated/α-hetero) is 1. The molecule has 0 bridgehead atoms. The lowest BCUT2D eigenvalue weighted by atomic mass is 10.1. The Morgan fingerprint density at radius 1 is 1.24 bits per heavy atom. The maximum Gasteiger partial charge on any atom is 0.416 e. The van der Waals surface area contributed by atoms with Crippen molar-refractivity contribution in [2.75, 3.05) is 0 Å². The van der Waals surface area contributed by atoms with Crippen LogP contribution in [0.5, 0.6) is 0 Å². The standard InChI is InChI=1S/C11H10F3NO2/c1-7(16)10(17)15-6-8-4-2-3-5-9(8)11(12,13)14/h2-5H,6H2,1H3,(H,15,17). The average Bonchev–Trinajstić information content (AvgIpc) is 2.24.